The van der Waals surface area contributed by atoms with Crippen LogP contribution in [0, 0.1) is 0 Å². The predicted molar refractivity (Wildman–Crippen MR) is 69.8 cm³/mol. The van der Waals surface area contributed by atoms with Crippen molar-refractivity contribution in [2.24, 2.45) is 0 Å². The van der Waals surface area contributed by atoms with E-state index in [1.165, 1.54) is 24.2 Å². The third-order valence-electron chi connectivity index (χ3n) is 3.03. The van der Waals surface area contributed by atoms with E-state index in [0.29, 0.717) is 5.82 Å². The summed E-state index contributed by atoms with van der Waals surface area (Å²) in [5.41, 5.74) is 6.68. The van der Waals surface area contributed by atoms with Crippen LogP contribution in [0.1, 0.15) is 19.3 Å². The number of nitrogens with two attached hydrogens (primary N) is 1. The monoisotopic (exact) mass is 246 g/mol. The summed E-state index contributed by atoms with van der Waals surface area (Å²) in [5, 5.41) is 4.50. The normalized spacial score (nSPS) is 15.8. The highest BCUT2D eigenvalue weighted by Gasteiger charge is 2.20. The first-order chi connectivity index (χ1) is 8.33. The van der Waals surface area contributed by atoms with E-state index in [4.69, 9.17) is 10.3 Å². The van der Waals surface area contributed by atoms with Crippen molar-refractivity contribution in [1.82, 2.24) is 5.16 Å². The third-order valence-corrected chi connectivity index (χ3v) is 4.44. The molecular formula is C13H14N2OS. The molecule has 0 atom stereocenters. The van der Waals surface area contributed by atoms with Crippen LogP contribution in [-0.2, 0) is 0 Å². The molecule has 0 unspecified atom stereocenters. The molecule has 88 valence electrons. The molecule has 0 saturated heterocycles. The summed E-state index contributed by atoms with van der Waals surface area (Å²) in [7, 11) is 0. The van der Waals surface area contributed by atoms with Gasteiger partial charge in [-0.1, -0.05) is 23.7 Å². The van der Waals surface area contributed by atoms with Crippen molar-refractivity contribution in [2.75, 3.05) is 5.73 Å². The van der Waals surface area contributed by atoms with E-state index in [2.05, 4.69) is 23.4 Å². The summed E-state index contributed by atoms with van der Waals surface area (Å²) in [6.07, 6.45) is 3.99. The zero-order valence-corrected chi connectivity index (χ0v) is 10.2. The Morgan fingerprint density at radius 1 is 1.29 bits per heavy atom. The molecule has 3 nitrogen and oxygen atoms in total. The van der Waals surface area contributed by atoms with E-state index < -0.39 is 0 Å². The Balaban J connectivity index is 1.92. The molecule has 1 saturated carbocycles. The topological polar surface area (TPSA) is 52.0 Å². The van der Waals surface area contributed by atoms with Gasteiger partial charge in [0.1, 0.15) is 0 Å². The Labute approximate surface area is 104 Å². The number of thioether (sulfide) groups is 1. The lowest BCUT2D eigenvalue weighted by Crippen LogP contribution is -2.12. The van der Waals surface area contributed by atoms with E-state index in [-0.39, 0.29) is 0 Å². The summed E-state index contributed by atoms with van der Waals surface area (Å²) >= 11 is 1.93. The minimum absolute atomic E-state index is 0.434. The van der Waals surface area contributed by atoms with Crippen molar-refractivity contribution < 1.29 is 4.52 Å². The van der Waals surface area contributed by atoms with E-state index in [0.717, 1.165) is 16.6 Å². The van der Waals surface area contributed by atoms with Gasteiger partial charge in [-0.15, -0.1) is 11.8 Å². The molecule has 1 aliphatic carbocycles. The maximum absolute atomic E-state index is 5.59. The summed E-state index contributed by atoms with van der Waals surface area (Å²) < 4.78 is 5.24. The molecule has 1 aliphatic rings. The van der Waals surface area contributed by atoms with Crippen LogP contribution in [0.5, 0.6) is 0 Å². The van der Waals surface area contributed by atoms with E-state index in [1.807, 2.05) is 17.8 Å². The molecule has 0 aliphatic heterocycles. The van der Waals surface area contributed by atoms with Crippen molar-refractivity contribution in [3.63, 3.8) is 0 Å². The number of nitrogen functional groups attached to an aromatic ring is 1. The van der Waals surface area contributed by atoms with Crippen molar-refractivity contribution in [3.8, 4) is 11.3 Å². The molecule has 17 heavy (non-hydrogen) atoms. The standard InChI is InChI=1S/C13H14N2OS/c14-13-8-11(16-15-13)10-6-1-2-7-12(10)17-9-4-3-5-9/h1-2,6-9H,3-5H2,(H2,14,15). The zero-order valence-electron chi connectivity index (χ0n) is 9.43. The number of hydrogen-bond acceptors (Lipinski definition) is 4. The second-order valence-corrected chi connectivity index (χ2v) is 5.63. The first-order valence-electron chi connectivity index (χ1n) is 5.81. The molecule has 0 spiro atoms. The van der Waals surface area contributed by atoms with Gasteiger partial charge in [0, 0.05) is 21.8 Å². The van der Waals surface area contributed by atoms with Crippen LogP contribution in [0.15, 0.2) is 39.8 Å². The fourth-order valence-electron chi connectivity index (χ4n) is 1.86. The van der Waals surface area contributed by atoms with Gasteiger partial charge >= 0.3 is 0 Å². The highest BCUT2D eigenvalue weighted by Crippen LogP contribution is 2.40. The largest absolute Gasteiger partial charge is 0.381 e. The number of nitrogens with zero attached hydrogens (tertiary/aromatic N) is 1. The molecule has 2 N–H and O–H groups in total. The number of aromatic nitrogens is 1. The second-order valence-electron chi connectivity index (χ2n) is 4.28. The summed E-state index contributed by atoms with van der Waals surface area (Å²) in [6.45, 7) is 0. The van der Waals surface area contributed by atoms with Crippen LogP contribution in [0.3, 0.4) is 0 Å². The molecule has 1 aromatic heterocycles. The Bertz CT molecular complexity index is 520. The van der Waals surface area contributed by atoms with Gasteiger partial charge in [0.15, 0.2) is 11.6 Å². The SMILES string of the molecule is Nc1cc(-c2ccccc2SC2CCC2)on1. The van der Waals surface area contributed by atoms with Crippen LogP contribution < -0.4 is 5.73 Å². The van der Waals surface area contributed by atoms with Gasteiger partial charge in [0.25, 0.3) is 0 Å². The fourth-order valence-corrected chi connectivity index (χ4v) is 3.24. The van der Waals surface area contributed by atoms with Crippen molar-refractivity contribution >= 4 is 17.6 Å². The van der Waals surface area contributed by atoms with Gasteiger partial charge in [-0.05, 0) is 25.0 Å². The van der Waals surface area contributed by atoms with E-state index >= 15 is 0 Å². The lowest BCUT2D eigenvalue weighted by Gasteiger charge is -2.25. The van der Waals surface area contributed by atoms with Crippen LogP contribution in [0.2, 0.25) is 0 Å². The number of hydrogen-bond donors (Lipinski definition) is 1. The maximum Gasteiger partial charge on any atom is 0.170 e. The third kappa shape index (κ3) is 2.17. The molecule has 0 bridgehead atoms. The van der Waals surface area contributed by atoms with Gasteiger partial charge in [-0.2, -0.15) is 0 Å². The quantitative estimate of drug-likeness (QED) is 0.899. The van der Waals surface area contributed by atoms with E-state index in [1.54, 1.807) is 6.07 Å². The van der Waals surface area contributed by atoms with Crippen LogP contribution >= 0.6 is 11.8 Å². The van der Waals surface area contributed by atoms with Crippen LogP contribution in [-0.4, -0.2) is 10.4 Å². The van der Waals surface area contributed by atoms with Crippen LogP contribution in [0.25, 0.3) is 11.3 Å². The Hall–Kier alpha value is -1.42. The maximum atomic E-state index is 5.59. The summed E-state index contributed by atoms with van der Waals surface area (Å²) in [4.78, 5) is 1.26. The number of rotatable bonds is 3. The molecular weight excluding hydrogens is 232 g/mol. The van der Waals surface area contributed by atoms with Gasteiger partial charge in [0.2, 0.25) is 0 Å². The average molecular weight is 246 g/mol. The zero-order chi connectivity index (χ0) is 11.7. The van der Waals surface area contributed by atoms with Crippen molar-refractivity contribution in [1.29, 1.82) is 0 Å². The highest BCUT2D eigenvalue weighted by molar-refractivity contribution is 8.00. The molecule has 1 heterocycles. The molecule has 2 aromatic rings. The minimum Gasteiger partial charge on any atom is -0.381 e. The molecule has 0 amide bonds. The smallest absolute Gasteiger partial charge is 0.170 e. The average Bonchev–Trinajstić information content (AvgIpc) is 2.71. The van der Waals surface area contributed by atoms with E-state index in [9.17, 15) is 0 Å². The Kier molecular flexibility index (Phi) is 2.81. The van der Waals surface area contributed by atoms with Crippen molar-refractivity contribution in [2.45, 2.75) is 29.4 Å². The van der Waals surface area contributed by atoms with Crippen LogP contribution in [0.4, 0.5) is 5.82 Å². The Morgan fingerprint density at radius 3 is 2.76 bits per heavy atom. The van der Waals surface area contributed by atoms with Gasteiger partial charge in [-0.3, -0.25) is 0 Å². The predicted octanol–water partition coefficient (Wildman–Crippen LogP) is 3.57. The Morgan fingerprint density at radius 2 is 2.12 bits per heavy atom. The molecule has 0 radical (unpaired) electrons. The lowest BCUT2D eigenvalue weighted by atomic mass is 10.00. The van der Waals surface area contributed by atoms with Gasteiger partial charge < -0.3 is 10.3 Å². The number of benzene rings is 1. The summed E-state index contributed by atoms with van der Waals surface area (Å²) in [5.74, 6) is 1.19. The number of anilines is 1. The summed E-state index contributed by atoms with van der Waals surface area (Å²) in [6, 6.07) is 10.0. The molecule has 1 fully saturated rings. The molecule has 4 heteroatoms. The van der Waals surface area contributed by atoms with Crippen molar-refractivity contribution in [3.05, 3.63) is 30.3 Å². The first kappa shape index (κ1) is 10.7. The van der Waals surface area contributed by atoms with Gasteiger partial charge in [0.05, 0.1) is 0 Å². The highest BCUT2D eigenvalue weighted by atomic mass is 32.2. The minimum atomic E-state index is 0.434. The lowest BCUT2D eigenvalue weighted by molar-refractivity contribution is 0.435. The fraction of sp³-hybridized carbons (Fsp3) is 0.308. The molecule has 1 aromatic carbocycles. The first-order valence-corrected chi connectivity index (χ1v) is 6.69. The second kappa shape index (κ2) is 4.45. The van der Waals surface area contributed by atoms with Gasteiger partial charge in [-0.25, -0.2) is 0 Å². The molecule has 3 rings (SSSR count).